The highest BCUT2D eigenvalue weighted by molar-refractivity contribution is 7.18. The molecule has 1 amide bonds. The molecule has 1 atom stereocenters. The Hall–Kier alpha value is -3.37. The topological polar surface area (TPSA) is 100 Å². The molecule has 4 rings (SSSR count). The Morgan fingerprint density at radius 1 is 1.18 bits per heavy atom. The molecule has 0 aliphatic carbocycles. The predicted octanol–water partition coefficient (Wildman–Crippen LogP) is 4.19. The van der Waals surface area contributed by atoms with Crippen LogP contribution in [0.25, 0.3) is 0 Å². The van der Waals surface area contributed by atoms with E-state index >= 15 is 0 Å². The van der Waals surface area contributed by atoms with Crippen molar-refractivity contribution in [3.63, 3.8) is 0 Å². The number of hydrogen-bond donors (Lipinski definition) is 3. The molecule has 0 saturated carbocycles. The van der Waals surface area contributed by atoms with E-state index in [1.807, 2.05) is 0 Å². The fourth-order valence-corrected chi connectivity index (χ4v) is 4.81. The highest BCUT2D eigenvalue weighted by atomic mass is 32.1. The zero-order chi connectivity index (χ0) is 24.5. The molecule has 34 heavy (non-hydrogen) atoms. The van der Waals surface area contributed by atoms with Gasteiger partial charge in [0.15, 0.2) is 5.13 Å². The second kappa shape index (κ2) is 9.47. The summed E-state index contributed by atoms with van der Waals surface area (Å²) in [6.45, 7) is 3.74. The van der Waals surface area contributed by atoms with Gasteiger partial charge in [-0.2, -0.15) is 0 Å². The number of ketones is 1. The van der Waals surface area contributed by atoms with Crippen molar-refractivity contribution in [2.45, 2.75) is 25.3 Å². The Labute approximate surface area is 200 Å². The molecule has 3 aromatic rings. The van der Waals surface area contributed by atoms with Gasteiger partial charge in [-0.05, 0) is 69.8 Å². The molecule has 2 aromatic carbocycles. The maximum atomic E-state index is 14.0. The van der Waals surface area contributed by atoms with Crippen LogP contribution in [0.1, 0.15) is 45.4 Å². The van der Waals surface area contributed by atoms with Crippen LogP contribution in [0.2, 0.25) is 0 Å². The van der Waals surface area contributed by atoms with E-state index < -0.39 is 23.0 Å². The lowest BCUT2D eigenvalue weighted by molar-refractivity contribution is 0.0919. The maximum Gasteiger partial charge on any atom is 0.251 e. The highest BCUT2D eigenvalue weighted by Crippen LogP contribution is 2.31. The summed E-state index contributed by atoms with van der Waals surface area (Å²) in [5.41, 5.74) is 6.26. The van der Waals surface area contributed by atoms with Gasteiger partial charge in [-0.3, -0.25) is 14.5 Å². The molecule has 4 N–H and O–H groups in total. The minimum atomic E-state index is -0.963. The summed E-state index contributed by atoms with van der Waals surface area (Å²) in [5, 5.41) is 6.29. The van der Waals surface area contributed by atoms with Gasteiger partial charge in [0.25, 0.3) is 5.91 Å². The first-order valence-corrected chi connectivity index (χ1v) is 11.6. The van der Waals surface area contributed by atoms with Crippen LogP contribution in [0.15, 0.2) is 42.5 Å². The van der Waals surface area contributed by atoms with Gasteiger partial charge in [-0.25, -0.2) is 13.8 Å². The van der Waals surface area contributed by atoms with E-state index in [2.05, 4.69) is 34.5 Å². The number of halogens is 2. The highest BCUT2D eigenvalue weighted by Gasteiger charge is 2.34. The molecule has 1 aliphatic rings. The zero-order valence-electron chi connectivity index (χ0n) is 18.8. The Kier molecular flexibility index (Phi) is 6.63. The quantitative estimate of drug-likeness (QED) is 0.434. The van der Waals surface area contributed by atoms with Crippen molar-refractivity contribution in [1.29, 1.82) is 0 Å². The monoisotopic (exact) mass is 485 g/mol. The number of nitrogens with zero attached hydrogens (tertiary/aromatic N) is 2. The van der Waals surface area contributed by atoms with Crippen molar-refractivity contribution in [1.82, 2.24) is 15.2 Å². The van der Waals surface area contributed by atoms with Gasteiger partial charge >= 0.3 is 0 Å². The third kappa shape index (κ3) is 4.78. The predicted molar refractivity (Wildman–Crippen MR) is 129 cm³/mol. The molecule has 0 spiro atoms. The van der Waals surface area contributed by atoms with Crippen LogP contribution in [-0.4, -0.2) is 47.3 Å². The maximum absolute atomic E-state index is 14.0. The molecule has 2 heterocycles. The van der Waals surface area contributed by atoms with Gasteiger partial charge in [-0.1, -0.05) is 17.4 Å². The lowest BCUT2D eigenvalue weighted by Gasteiger charge is -2.32. The van der Waals surface area contributed by atoms with Crippen LogP contribution in [0.5, 0.6) is 0 Å². The molecule has 1 aromatic heterocycles. The van der Waals surface area contributed by atoms with Crippen LogP contribution in [0, 0.1) is 11.6 Å². The zero-order valence-corrected chi connectivity index (χ0v) is 19.6. The number of likely N-dealkylation sites (tertiary alicyclic amines) is 1. The standard InChI is InChI=1S/C24H25F2N5O2S/c1-24(11-4-12-31(24)2)13-28-22(33)14-7-9-15(10-8-14)29-23-30-21(27)20(34-23)19(32)18-16(25)5-3-6-17(18)26/h3,5-10H,4,11-13,27H2,1-2H3,(H,28,33)(H,29,30). The molecule has 0 radical (unpaired) electrons. The SMILES string of the molecule is CN1CCCC1(C)CNC(=O)c1ccc(Nc2nc(N)c(C(=O)c3c(F)cccc3F)s2)cc1. The average Bonchev–Trinajstić information content (AvgIpc) is 3.33. The Bertz CT molecular complexity index is 1210. The summed E-state index contributed by atoms with van der Waals surface area (Å²) in [6.07, 6.45) is 2.16. The summed E-state index contributed by atoms with van der Waals surface area (Å²) in [4.78, 5) is 31.5. The minimum Gasteiger partial charge on any atom is -0.382 e. The van der Waals surface area contributed by atoms with Gasteiger partial charge in [0.1, 0.15) is 22.3 Å². The summed E-state index contributed by atoms with van der Waals surface area (Å²) < 4.78 is 28.0. The van der Waals surface area contributed by atoms with Crippen molar-refractivity contribution in [3.8, 4) is 0 Å². The fraction of sp³-hybridized carbons (Fsp3) is 0.292. The van der Waals surface area contributed by atoms with E-state index in [-0.39, 0.29) is 27.3 Å². The lowest BCUT2D eigenvalue weighted by atomic mass is 9.99. The van der Waals surface area contributed by atoms with Crippen LogP contribution in [0.4, 0.5) is 25.4 Å². The molecular weight excluding hydrogens is 460 g/mol. The Balaban J connectivity index is 1.42. The molecule has 0 bridgehead atoms. The van der Waals surface area contributed by atoms with Gasteiger partial charge in [0.2, 0.25) is 5.78 Å². The molecule has 1 unspecified atom stereocenters. The van der Waals surface area contributed by atoms with Gasteiger partial charge in [0.05, 0.1) is 5.56 Å². The number of benzene rings is 2. The Morgan fingerprint density at radius 2 is 1.85 bits per heavy atom. The van der Waals surface area contributed by atoms with Crippen molar-refractivity contribution >= 4 is 39.7 Å². The first kappa shape index (κ1) is 23.8. The minimum absolute atomic E-state index is 0.0390. The second-order valence-corrected chi connectivity index (χ2v) is 9.57. The van der Waals surface area contributed by atoms with E-state index in [0.29, 0.717) is 17.8 Å². The van der Waals surface area contributed by atoms with Crippen LogP contribution < -0.4 is 16.4 Å². The third-order valence-corrected chi connectivity index (χ3v) is 7.19. The average molecular weight is 486 g/mol. The first-order valence-electron chi connectivity index (χ1n) is 10.8. The number of rotatable bonds is 7. The second-order valence-electron chi connectivity index (χ2n) is 8.57. The van der Waals surface area contributed by atoms with E-state index in [9.17, 15) is 18.4 Å². The molecule has 1 fully saturated rings. The van der Waals surface area contributed by atoms with Crippen molar-refractivity contribution in [2.24, 2.45) is 0 Å². The van der Waals surface area contributed by atoms with Crippen LogP contribution in [-0.2, 0) is 0 Å². The number of hydrogen-bond acceptors (Lipinski definition) is 7. The molecule has 7 nitrogen and oxygen atoms in total. The number of likely N-dealkylation sites (N-methyl/N-ethyl adjacent to an activating group) is 1. The number of aromatic nitrogens is 1. The normalized spacial score (nSPS) is 18.1. The van der Waals surface area contributed by atoms with Gasteiger partial charge < -0.3 is 16.4 Å². The van der Waals surface area contributed by atoms with Crippen molar-refractivity contribution < 1.29 is 18.4 Å². The van der Waals surface area contributed by atoms with E-state index in [1.165, 1.54) is 6.07 Å². The van der Waals surface area contributed by atoms with Crippen molar-refractivity contribution in [3.05, 3.63) is 70.1 Å². The van der Waals surface area contributed by atoms with Crippen LogP contribution in [0.3, 0.4) is 0 Å². The molecule has 1 saturated heterocycles. The number of nitrogens with one attached hydrogen (secondary N) is 2. The number of nitrogens with two attached hydrogens (primary N) is 1. The lowest BCUT2D eigenvalue weighted by Crippen LogP contribution is -2.48. The largest absolute Gasteiger partial charge is 0.382 e. The van der Waals surface area contributed by atoms with Gasteiger partial charge in [0, 0.05) is 23.3 Å². The number of anilines is 3. The summed E-state index contributed by atoms with van der Waals surface area (Å²) in [5.74, 6) is -3.08. The molecule has 10 heteroatoms. The number of carbonyl (C=O) groups is 2. The molecule has 1 aliphatic heterocycles. The van der Waals surface area contributed by atoms with E-state index in [0.717, 1.165) is 42.9 Å². The summed E-state index contributed by atoms with van der Waals surface area (Å²) >= 11 is 0.893. The fourth-order valence-electron chi connectivity index (χ4n) is 3.96. The number of carbonyl (C=O) groups excluding carboxylic acids is 2. The first-order chi connectivity index (χ1) is 16.2. The summed E-state index contributed by atoms with van der Waals surface area (Å²) in [7, 11) is 2.07. The van der Waals surface area contributed by atoms with Crippen LogP contribution >= 0.6 is 11.3 Å². The number of amides is 1. The van der Waals surface area contributed by atoms with E-state index in [4.69, 9.17) is 5.73 Å². The smallest absolute Gasteiger partial charge is 0.251 e. The molecular formula is C24H25F2N5O2S. The third-order valence-electron chi connectivity index (χ3n) is 6.21. The Morgan fingerprint density at radius 3 is 2.47 bits per heavy atom. The number of thiazole rings is 1. The number of nitrogen functional groups attached to an aromatic ring is 1. The molecule has 178 valence electrons. The van der Waals surface area contributed by atoms with Crippen molar-refractivity contribution in [2.75, 3.05) is 31.2 Å². The summed E-state index contributed by atoms with van der Waals surface area (Å²) in [6, 6.07) is 9.96. The van der Waals surface area contributed by atoms with E-state index in [1.54, 1.807) is 24.3 Å². The van der Waals surface area contributed by atoms with Gasteiger partial charge in [-0.15, -0.1) is 0 Å².